The molecule has 1 aliphatic rings. The molecular weight excluding hydrogens is 420 g/mol. The Bertz CT molecular complexity index is 778. The molecule has 2 aromatic rings. The van der Waals surface area contributed by atoms with Crippen LogP contribution in [0.15, 0.2) is 47.1 Å². The van der Waals surface area contributed by atoms with Gasteiger partial charge < -0.3 is 19.9 Å². The first kappa shape index (κ1) is 20.6. The summed E-state index contributed by atoms with van der Waals surface area (Å²) in [5, 5.41) is 2.99. The molecule has 1 aromatic carbocycles. The van der Waals surface area contributed by atoms with Gasteiger partial charge in [0, 0.05) is 24.1 Å². The number of amides is 2. The van der Waals surface area contributed by atoms with Crippen LogP contribution in [0.25, 0.3) is 0 Å². The number of carbonyl (C=O) groups is 1. The molecular formula is C21H27BrN4O2. The van der Waals surface area contributed by atoms with Crippen LogP contribution in [-0.4, -0.2) is 48.8 Å². The van der Waals surface area contributed by atoms with Crippen molar-refractivity contribution in [3.05, 3.63) is 52.6 Å². The van der Waals surface area contributed by atoms with Gasteiger partial charge in [-0.3, -0.25) is 0 Å². The highest BCUT2D eigenvalue weighted by molar-refractivity contribution is 9.10. The van der Waals surface area contributed by atoms with Crippen LogP contribution in [0.5, 0.6) is 0 Å². The van der Waals surface area contributed by atoms with Crippen LogP contribution < -0.4 is 10.2 Å². The molecule has 1 aromatic heterocycles. The zero-order chi connectivity index (χ0) is 19.9. The highest BCUT2D eigenvalue weighted by atomic mass is 79.9. The number of carbonyl (C=O) groups excluding carboxylic acids is 1. The third-order valence-corrected chi connectivity index (χ3v) is 5.60. The van der Waals surface area contributed by atoms with Crippen LogP contribution in [0.1, 0.15) is 31.9 Å². The lowest BCUT2D eigenvalue weighted by atomic mass is 10.1. The monoisotopic (exact) mass is 446 g/mol. The number of urea groups is 1. The SMILES string of the molecule is CCCN(C(=O)Nc1ccc(N2CCOCC2)nc1)C(C)c1ccccc1Br. The van der Waals surface area contributed by atoms with E-state index in [9.17, 15) is 4.79 Å². The Kier molecular flexibility index (Phi) is 7.28. The van der Waals surface area contributed by atoms with Gasteiger partial charge in [-0.15, -0.1) is 0 Å². The Labute approximate surface area is 175 Å². The number of benzene rings is 1. The van der Waals surface area contributed by atoms with Gasteiger partial charge in [-0.05, 0) is 37.1 Å². The molecule has 1 aliphatic heterocycles. The molecule has 2 heterocycles. The van der Waals surface area contributed by atoms with Crippen LogP contribution in [0.3, 0.4) is 0 Å². The van der Waals surface area contributed by atoms with E-state index in [2.05, 4.69) is 45.0 Å². The minimum atomic E-state index is -0.119. The summed E-state index contributed by atoms with van der Waals surface area (Å²) < 4.78 is 6.39. The van der Waals surface area contributed by atoms with Gasteiger partial charge in [-0.25, -0.2) is 9.78 Å². The third kappa shape index (κ3) is 5.02. The number of aromatic nitrogens is 1. The molecule has 28 heavy (non-hydrogen) atoms. The number of nitrogens with zero attached hydrogens (tertiary/aromatic N) is 3. The number of nitrogens with one attached hydrogen (secondary N) is 1. The Morgan fingerprint density at radius 2 is 2.04 bits per heavy atom. The largest absolute Gasteiger partial charge is 0.378 e. The maximum absolute atomic E-state index is 13.0. The first-order valence-electron chi connectivity index (χ1n) is 9.71. The third-order valence-electron chi connectivity index (χ3n) is 4.88. The van der Waals surface area contributed by atoms with Crippen molar-refractivity contribution >= 4 is 33.5 Å². The zero-order valence-corrected chi connectivity index (χ0v) is 18.0. The average molecular weight is 447 g/mol. The van der Waals surface area contributed by atoms with E-state index >= 15 is 0 Å². The van der Waals surface area contributed by atoms with Crippen LogP contribution in [0.2, 0.25) is 0 Å². The number of rotatable bonds is 6. The van der Waals surface area contributed by atoms with E-state index in [1.54, 1.807) is 6.20 Å². The Morgan fingerprint density at radius 3 is 2.68 bits per heavy atom. The molecule has 1 saturated heterocycles. The van der Waals surface area contributed by atoms with Gasteiger partial charge in [0.25, 0.3) is 0 Å². The topological polar surface area (TPSA) is 57.7 Å². The lowest BCUT2D eigenvalue weighted by Crippen LogP contribution is -2.38. The molecule has 0 saturated carbocycles. The summed E-state index contributed by atoms with van der Waals surface area (Å²) in [6.07, 6.45) is 2.60. The predicted molar refractivity (Wildman–Crippen MR) is 116 cm³/mol. The molecule has 0 spiro atoms. The van der Waals surface area contributed by atoms with E-state index < -0.39 is 0 Å². The van der Waals surface area contributed by atoms with Gasteiger partial charge in [0.15, 0.2) is 0 Å². The second-order valence-electron chi connectivity index (χ2n) is 6.83. The number of ether oxygens (including phenoxy) is 1. The van der Waals surface area contributed by atoms with E-state index in [4.69, 9.17) is 4.74 Å². The molecule has 0 bridgehead atoms. The predicted octanol–water partition coefficient (Wildman–Crippen LogP) is 4.69. The fourth-order valence-corrected chi connectivity index (χ4v) is 3.94. The summed E-state index contributed by atoms with van der Waals surface area (Å²) in [7, 11) is 0. The molecule has 2 amide bonds. The summed E-state index contributed by atoms with van der Waals surface area (Å²) in [4.78, 5) is 21.5. The van der Waals surface area contributed by atoms with Crippen molar-refractivity contribution < 1.29 is 9.53 Å². The highest BCUT2D eigenvalue weighted by Crippen LogP contribution is 2.28. The van der Waals surface area contributed by atoms with Crippen molar-refractivity contribution in [2.24, 2.45) is 0 Å². The molecule has 0 aliphatic carbocycles. The maximum Gasteiger partial charge on any atom is 0.322 e. The van der Waals surface area contributed by atoms with Crippen molar-refractivity contribution in [1.29, 1.82) is 0 Å². The van der Waals surface area contributed by atoms with Gasteiger partial charge in [-0.2, -0.15) is 0 Å². The molecule has 1 atom stereocenters. The standard InChI is InChI=1S/C21H27BrN4O2/c1-3-10-26(16(2)18-6-4-5-7-19(18)22)21(27)24-17-8-9-20(23-15-17)25-11-13-28-14-12-25/h4-9,15-16H,3,10-14H2,1-2H3,(H,24,27). The highest BCUT2D eigenvalue weighted by Gasteiger charge is 2.22. The minimum absolute atomic E-state index is 0.0453. The molecule has 1 unspecified atom stereocenters. The minimum Gasteiger partial charge on any atom is -0.378 e. The van der Waals surface area contributed by atoms with Gasteiger partial charge >= 0.3 is 6.03 Å². The number of anilines is 2. The number of pyridine rings is 1. The van der Waals surface area contributed by atoms with Crippen molar-refractivity contribution in [1.82, 2.24) is 9.88 Å². The van der Waals surface area contributed by atoms with E-state index in [1.165, 1.54) is 0 Å². The first-order valence-corrected chi connectivity index (χ1v) is 10.5. The van der Waals surface area contributed by atoms with Crippen molar-refractivity contribution in [3.8, 4) is 0 Å². The smallest absolute Gasteiger partial charge is 0.322 e. The molecule has 1 fully saturated rings. The first-order chi connectivity index (χ1) is 13.6. The number of halogens is 1. The second-order valence-corrected chi connectivity index (χ2v) is 7.68. The Morgan fingerprint density at radius 1 is 1.29 bits per heavy atom. The van der Waals surface area contributed by atoms with Crippen LogP contribution >= 0.6 is 15.9 Å². The normalized spacial score (nSPS) is 15.2. The number of hydrogen-bond donors (Lipinski definition) is 1. The summed E-state index contributed by atoms with van der Waals surface area (Å²) in [6, 6.07) is 11.7. The van der Waals surface area contributed by atoms with Crippen LogP contribution in [0, 0.1) is 0 Å². The average Bonchev–Trinajstić information content (AvgIpc) is 2.73. The quantitative estimate of drug-likeness (QED) is 0.699. The van der Waals surface area contributed by atoms with E-state index in [-0.39, 0.29) is 12.1 Å². The zero-order valence-electron chi connectivity index (χ0n) is 16.4. The van der Waals surface area contributed by atoms with E-state index in [0.29, 0.717) is 12.2 Å². The summed E-state index contributed by atoms with van der Waals surface area (Å²) in [5.41, 5.74) is 1.79. The summed E-state index contributed by atoms with van der Waals surface area (Å²) in [6.45, 7) is 7.92. The van der Waals surface area contributed by atoms with Gasteiger partial charge in [0.05, 0.1) is 31.1 Å². The molecule has 150 valence electrons. The molecule has 7 heteroatoms. The summed E-state index contributed by atoms with van der Waals surface area (Å²) >= 11 is 3.60. The lowest BCUT2D eigenvalue weighted by molar-refractivity contribution is 0.122. The summed E-state index contributed by atoms with van der Waals surface area (Å²) in [5.74, 6) is 0.910. The van der Waals surface area contributed by atoms with Crippen molar-refractivity contribution in [3.63, 3.8) is 0 Å². The fraction of sp³-hybridized carbons (Fsp3) is 0.429. The molecule has 1 N–H and O–H groups in total. The second kappa shape index (κ2) is 9.89. The van der Waals surface area contributed by atoms with Gasteiger partial charge in [-0.1, -0.05) is 41.1 Å². The maximum atomic E-state index is 13.0. The molecule has 6 nitrogen and oxygen atoms in total. The van der Waals surface area contributed by atoms with Crippen LogP contribution in [-0.2, 0) is 4.74 Å². The van der Waals surface area contributed by atoms with E-state index in [0.717, 1.165) is 48.6 Å². The lowest BCUT2D eigenvalue weighted by Gasteiger charge is -2.30. The van der Waals surface area contributed by atoms with E-state index in [1.807, 2.05) is 41.3 Å². The van der Waals surface area contributed by atoms with Gasteiger partial charge in [0.1, 0.15) is 5.82 Å². The molecule has 3 rings (SSSR count). The fourth-order valence-electron chi connectivity index (χ4n) is 3.33. The Balaban J connectivity index is 1.69. The van der Waals surface area contributed by atoms with Crippen molar-refractivity contribution in [2.75, 3.05) is 43.1 Å². The van der Waals surface area contributed by atoms with Gasteiger partial charge in [0.2, 0.25) is 0 Å². The number of hydrogen-bond acceptors (Lipinski definition) is 4. The van der Waals surface area contributed by atoms with Crippen molar-refractivity contribution in [2.45, 2.75) is 26.3 Å². The Hall–Kier alpha value is -2.12. The molecule has 0 radical (unpaired) electrons. The number of morpholine rings is 1. The van der Waals surface area contributed by atoms with Crippen LogP contribution in [0.4, 0.5) is 16.3 Å².